The number of hydrogen-bond acceptors (Lipinski definition) is 5. The van der Waals surface area contributed by atoms with Gasteiger partial charge in [-0.3, -0.25) is 9.59 Å². The van der Waals surface area contributed by atoms with Crippen LogP contribution in [0, 0.1) is 5.92 Å². The number of carbonyl (C=O) groups is 3. The highest BCUT2D eigenvalue weighted by molar-refractivity contribution is 7.89. The first kappa shape index (κ1) is 32.8. The first-order valence-corrected chi connectivity index (χ1v) is 15.4. The van der Waals surface area contributed by atoms with E-state index in [1.54, 1.807) is 68.6 Å². The molecule has 7 nitrogen and oxygen atoms in total. The van der Waals surface area contributed by atoms with Gasteiger partial charge in [0.15, 0.2) is 6.29 Å². The van der Waals surface area contributed by atoms with E-state index in [0.717, 1.165) is 32.1 Å². The molecular formula is C32H42N2O5S. The molecule has 0 aliphatic carbocycles. The Morgan fingerprint density at radius 3 is 2.10 bits per heavy atom. The lowest BCUT2D eigenvalue weighted by Crippen LogP contribution is -2.39. The standard InChI is InChI=1S/C27H32N2O4S.C5H10O/c1-5-11-24(19(3)6-2)28-34(32,33)26-17-16-25(22-14-9-10-15-23(22)26)29(4)27(31)21-13-8-7-12-20(21)18-30;1-3-4-5(2)6/h7-10,12-19,24,28H,5-6,11H2,1-4H3;3-4H2,1-2H3/t19-,24?;/m1./s1. The summed E-state index contributed by atoms with van der Waals surface area (Å²) < 4.78 is 29.8. The second kappa shape index (κ2) is 15.4. The third-order valence-electron chi connectivity index (χ3n) is 6.97. The lowest BCUT2D eigenvalue weighted by molar-refractivity contribution is -0.117. The van der Waals surface area contributed by atoms with Gasteiger partial charge in [-0.15, -0.1) is 0 Å². The number of ketones is 1. The maximum atomic E-state index is 13.4. The minimum absolute atomic E-state index is 0.150. The molecule has 3 rings (SSSR count). The molecule has 0 radical (unpaired) electrons. The van der Waals surface area contributed by atoms with E-state index in [9.17, 15) is 22.8 Å². The maximum Gasteiger partial charge on any atom is 0.258 e. The average Bonchev–Trinajstić information content (AvgIpc) is 2.95. The molecule has 40 heavy (non-hydrogen) atoms. The van der Waals surface area contributed by atoms with Crippen molar-refractivity contribution in [3.63, 3.8) is 0 Å². The van der Waals surface area contributed by atoms with E-state index >= 15 is 0 Å². The minimum Gasteiger partial charge on any atom is -0.311 e. The Kier molecular flexibility index (Phi) is 12.7. The molecule has 0 aliphatic heterocycles. The van der Waals surface area contributed by atoms with Crippen molar-refractivity contribution in [1.82, 2.24) is 4.72 Å². The summed E-state index contributed by atoms with van der Waals surface area (Å²) in [5.41, 5.74) is 1.16. The fourth-order valence-electron chi connectivity index (χ4n) is 4.54. The highest BCUT2D eigenvalue weighted by Gasteiger charge is 2.26. The number of nitrogens with one attached hydrogen (secondary N) is 1. The lowest BCUT2D eigenvalue weighted by atomic mass is 9.96. The fraction of sp³-hybridized carbons (Fsp3) is 0.406. The summed E-state index contributed by atoms with van der Waals surface area (Å²) in [7, 11) is -2.17. The number of carbonyl (C=O) groups excluding carboxylic acids is 3. The highest BCUT2D eigenvalue weighted by atomic mass is 32.2. The molecular weight excluding hydrogens is 524 g/mol. The molecule has 2 atom stereocenters. The first-order chi connectivity index (χ1) is 19.0. The van der Waals surface area contributed by atoms with Crippen molar-refractivity contribution >= 4 is 44.5 Å². The number of Topliss-reactive ketones (excluding diaryl/α,β-unsaturated/α-hetero) is 1. The number of amides is 1. The average molecular weight is 567 g/mol. The molecule has 8 heteroatoms. The van der Waals surface area contributed by atoms with Gasteiger partial charge in [-0.05, 0) is 43.9 Å². The topological polar surface area (TPSA) is 101 Å². The maximum absolute atomic E-state index is 13.4. The number of anilines is 1. The van der Waals surface area contributed by atoms with E-state index in [-0.39, 0.29) is 28.5 Å². The van der Waals surface area contributed by atoms with Gasteiger partial charge in [0.1, 0.15) is 5.78 Å². The van der Waals surface area contributed by atoms with Gasteiger partial charge in [0.25, 0.3) is 5.91 Å². The van der Waals surface area contributed by atoms with Crippen LogP contribution in [0.2, 0.25) is 0 Å². The van der Waals surface area contributed by atoms with Gasteiger partial charge in [-0.25, -0.2) is 13.1 Å². The minimum atomic E-state index is -3.79. The van der Waals surface area contributed by atoms with Crippen molar-refractivity contribution in [3.8, 4) is 0 Å². The second-order valence-corrected chi connectivity index (χ2v) is 11.7. The number of aldehydes is 1. The van der Waals surface area contributed by atoms with E-state index < -0.39 is 10.0 Å². The molecule has 1 unspecified atom stereocenters. The van der Waals surface area contributed by atoms with Crippen molar-refractivity contribution in [2.75, 3.05) is 11.9 Å². The van der Waals surface area contributed by atoms with Crippen LogP contribution in [0.25, 0.3) is 10.8 Å². The normalized spacial score (nSPS) is 12.7. The Morgan fingerprint density at radius 1 is 0.925 bits per heavy atom. The molecule has 216 valence electrons. The molecule has 3 aromatic rings. The van der Waals surface area contributed by atoms with Gasteiger partial charge < -0.3 is 9.69 Å². The van der Waals surface area contributed by atoms with Crippen LogP contribution in [0.5, 0.6) is 0 Å². The van der Waals surface area contributed by atoms with E-state index in [1.165, 1.54) is 4.90 Å². The number of hydrogen-bond donors (Lipinski definition) is 1. The molecule has 0 bridgehead atoms. The van der Waals surface area contributed by atoms with Crippen LogP contribution in [0.15, 0.2) is 65.6 Å². The van der Waals surface area contributed by atoms with Gasteiger partial charge in [-0.1, -0.05) is 83.0 Å². The van der Waals surface area contributed by atoms with E-state index in [1.807, 2.05) is 19.9 Å². The van der Waals surface area contributed by atoms with Crippen LogP contribution in [0.4, 0.5) is 5.69 Å². The van der Waals surface area contributed by atoms with Crippen LogP contribution in [-0.2, 0) is 14.8 Å². The van der Waals surface area contributed by atoms with Crippen molar-refractivity contribution < 1.29 is 22.8 Å². The molecule has 0 saturated carbocycles. The lowest BCUT2D eigenvalue weighted by Gasteiger charge is -2.25. The highest BCUT2D eigenvalue weighted by Crippen LogP contribution is 2.33. The number of sulfonamides is 1. The fourth-order valence-corrected chi connectivity index (χ4v) is 6.13. The number of benzene rings is 3. The Labute approximate surface area is 239 Å². The molecule has 0 spiro atoms. The number of nitrogens with zero attached hydrogens (tertiary/aromatic N) is 1. The Bertz CT molecular complexity index is 1420. The van der Waals surface area contributed by atoms with Crippen molar-refractivity contribution in [2.45, 2.75) is 77.7 Å². The van der Waals surface area contributed by atoms with Crippen molar-refractivity contribution in [3.05, 3.63) is 71.8 Å². The Balaban J connectivity index is 0.000000840. The molecule has 3 aromatic carbocycles. The zero-order valence-electron chi connectivity index (χ0n) is 24.4. The molecule has 0 aliphatic rings. The van der Waals surface area contributed by atoms with Crippen LogP contribution in [0.3, 0.4) is 0 Å². The summed E-state index contributed by atoms with van der Waals surface area (Å²) in [4.78, 5) is 36.3. The quantitative estimate of drug-likeness (QED) is 0.243. The SMILES string of the molecule is CCCC(C)=O.CCCC(NS(=O)(=O)c1ccc(N(C)C(=O)c2ccccc2C=O)c2ccccc12)[C@H](C)CC. The van der Waals surface area contributed by atoms with E-state index in [0.29, 0.717) is 33.9 Å². The summed E-state index contributed by atoms with van der Waals surface area (Å²) >= 11 is 0. The van der Waals surface area contributed by atoms with Gasteiger partial charge in [-0.2, -0.15) is 0 Å². The number of rotatable bonds is 12. The molecule has 1 amide bonds. The summed E-state index contributed by atoms with van der Waals surface area (Å²) in [6.45, 7) is 9.78. The Morgan fingerprint density at radius 2 is 1.55 bits per heavy atom. The Hall–Kier alpha value is -3.36. The van der Waals surface area contributed by atoms with Gasteiger partial charge in [0.05, 0.1) is 16.1 Å². The predicted molar refractivity (Wildman–Crippen MR) is 163 cm³/mol. The van der Waals surface area contributed by atoms with Gasteiger partial charge in [0, 0.05) is 35.8 Å². The molecule has 1 N–H and O–H groups in total. The van der Waals surface area contributed by atoms with E-state index in [4.69, 9.17) is 0 Å². The van der Waals surface area contributed by atoms with Crippen LogP contribution in [0.1, 0.15) is 87.4 Å². The largest absolute Gasteiger partial charge is 0.311 e. The van der Waals surface area contributed by atoms with Crippen molar-refractivity contribution in [1.29, 1.82) is 0 Å². The van der Waals surface area contributed by atoms with Crippen LogP contribution < -0.4 is 9.62 Å². The van der Waals surface area contributed by atoms with Crippen molar-refractivity contribution in [2.24, 2.45) is 5.92 Å². The second-order valence-electron chi connectivity index (χ2n) is 10.1. The summed E-state index contributed by atoms with van der Waals surface area (Å²) in [5.74, 6) is 0.153. The number of fused-ring (bicyclic) bond motifs is 1. The van der Waals surface area contributed by atoms with Gasteiger partial charge >= 0.3 is 0 Å². The summed E-state index contributed by atoms with van der Waals surface area (Å²) in [6, 6.07) is 16.8. The van der Waals surface area contributed by atoms with Crippen LogP contribution >= 0.6 is 0 Å². The predicted octanol–water partition coefficient (Wildman–Crippen LogP) is 6.80. The van der Waals surface area contributed by atoms with Gasteiger partial charge in [0.2, 0.25) is 10.0 Å². The summed E-state index contributed by atoms with van der Waals surface area (Å²) in [5, 5.41) is 1.18. The third-order valence-corrected chi connectivity index (χ3v) is 8.52. The smallest absolute Gasteiger partial charge is 0.258 e. The zero-order chi connectivity index (χ0) is 29.9. The third kappa shape index (κ3) is 8.32. The first-order valence-electron chi connectivity index (χ1n) is 13.9. The summed E-state index contributed by atoms with van der Waals surface area (Å²) in [6.07, 6.45) is 4.89. The molecule has 0 aromatic heterocycles. The molecule has 0 heterocycles. The zero-order valence-corrected chi connectivity index (χ0v) is 25.3. The van der Waals surface area contributed by atoms with E-state index in [2.05, 4.69) is 18.6 Å². The van der Waals surface area contributed by atoms with Crippen LogP contribution in [-0.4, -0.2) is 39.5 Å². The monoisotopic (exact) mass is 566 g/mol. The molecule has 0 saturated heterocycles. The molecule has 0 fully saturated rings.